The average molecular weight is 462 g/mol. The number of rotatable bonds is 4. The summed E-state index contributed by atoms with van der Waals surface area (Å²) in [7, 11) is 0. The number of thiophene rings is 1. The highest BCUT2D eigenvalue weighted by Crippen LogP contribution is 2.37. The van der Waals surface area contributed by atoms with Crippen LogP contribution in [0.4, 0.5) is 10.1 Å². The summed E-state index contributed by atoms with van der Waals surface area (Å²) in [6.07, 6.45) is 0. The van der Waals surface area contributed by atoms with Gasteiger partial charge in [0.15, 0.2) is 0 Å². The van der Waals surface area contributed by atoms with Crippen molar-refractivity contribution in [2.75, 3.05) is 4.90 Å². The van der Waals surface area contributed by atoms with E-state index < -0.39 is 5.54 Å². The maximum atomic E-state index is 13.8. The smallest absolute Gasteiger partial charge is 0.275 e. The van der Waals surface area contributed by atoms with Gasteiger partial charge in [-0.05, 0) is 79.2 Å². The molecule has 5 rings (SSSR count). The zero-order valence-electron chi connectivity index (χ0n) is 18.7. The van der Waals surface area contributed by atoms with Crippen LogP contribution in [0.2, 0.25) is 0 Å². The largest absolute Gasteiger partial charge is 0.350 e. The Morgan fingerprint density at radius 3 is 2.58 bits per heavy atom. The lowest BCUT2D eigenvalue weighted by atomic mass is 9.93. The van der Waals surface area contributed by atoms with Crippen LogP contribution in [0.1, 0.15) is 34.1 Å². The summed E-state index contributed by atoms with van der Waals surface area (Å²) >= 11 is 1.56. The predicted molar refractivity (Wildman–Crippen MR) is 129 cm³/mol. The summed E-state index contributed by atoms with van der Waals surface area (Å²) in [5, 5.41) is 5.96. The summed E-state index contributed by atoms with van der Waals surface area (Å²) in [6.45, 7) is 6.40. The molecule has 3 heterocycles. The second kappa shape index (κ2) is 7.85. The number of anilines is 1. The van der Waals surface area contributed by atoms with Gasteiger partial charge in [0.2, 0.25) is 5.91 Å². The molecule has 1 aliphatic rings. The van der Waals surface area contributed by atoms with Crippen LogP contribution in [0.3, 0.4) is 0 Å². The third-order valence-electron chi connectivity index (χ3n) is 6.49. The van der Waals surface area contributed by atoms with Crippen molar-refractivity contribution < 1.29 is 14.0 Å². The quantitative estimate of drug-likeness (QED) is 0.455. The molecule has 0 saturated carbocycles. The third kappa shape index (κ3) is 3.53. The minimum atomic E-state index is -1.15. The highest BCUT2D eigenvalue weighted by molar-refractivity contribution is 7.16. The van der Waals surface area contributed by atoms with Gasteiger partial charge in [-0.25, -0.2) is 4.39 Å². The maximum Gasteiger partial charge on any atom is 0.275 e. The SMILES string of the molecule is Cc1ccc(N2C(=O)c3cc4ccsc4n3C[C@]2(C)C(=O)NCc2ccc(F)cc2)cc1C. The number of amides is 2. The molecule has 1 aliphatic heterocycles. The Labute approximate surface area is 195 Å². The van der Waals surface area contributed by atoms with E-state index >= 15 is 0 Å². The fraction of sp³-hybridized carbons (Fsp3) is 0.231. The number of carbonyl (C=O) groups excluding carboxylic acids is 2. The Balaban J connectivity index is 1.56. The molecule has 1 N–H and O–H groups in total. The lowest BCUT2D eigenvalue weighted by Gasteiger charge is -2.44. The number of nitrogens with one attached hydrogen (secondary N) is 1. The zero-order chi connectivity index (χ0) is 23.3. The highest BCUT2D eigenvalue weighted by atomic mass is 32.1. The van der Waals surface area contributed by atoms with E-state index in [0.717, 1.165) is 26.9 Å². The van der Waals surface area contributed by atoms with E-state index in [9.17, 15) is 14.0 Å². The van der Waals surface area contributed by atoms with Gasteiger partial charge in [0.25, 0.3) is 5.91 Å². The van der Waals surface area contributed by atoms with Crippen molar-refractivity contribution in [3.63, 3.8) is 0 Å². The molecule has 0 saturated heterocycles. The molecule has 2 amide bonds. The van der Waals surface area contributed by atoms with Crippen LogP contribution in [-0.4, -0.2) is 21.9 Å². The average Bonchev–Trinajstić information content (AvgIpc) is 3.38. The molecule has 0 radical (unpaired) electrons. The molecular weight excluding hydrogens is 437 g/mol. The van der Waals surface area contributed by atoms with Crippen molar-refractivity contribution in [3.05, 3.63) is 88.2 Å². The van der Waals surface area contributed by atoms with Gasteiger partial charge >= 0.3 is 0 Å². The summed E-state index contributed by atoms with van der Waals surface area (Å²) in [4.78, 5) is 30.1. The Morgan fingerprint density at radius 2 is 1.85 bits per heavy atom. The van der Waals surface area contributed by atoms with Gasteiger partial charge in [-0.2, -0.15) is 0 Å². The van der Waals surface area contributed by atoms with Crippen molar-refractivity contribution in [1.29, 1.82) is 0 Å². The van der Waals surface area contributed by atoms with Crippen LogP contribution in [0.15, 0.2) is 60.0 Å². The molecule has 2 aromatic carbocycles. The monoisotopic (exact) mass is 461 g/mol. The molecule has 7 heteroatoms. The Kier molecular flexibility index (Phi) is 5.09. The van der Waals surface area contributed by atoms with Crippen molar-refractivity contribution >= 4 is 39.1 Å². The Morgan fingerprint density at radius 1 is 1.09 bits per heavy atom. The first-order chi connectivity index (χ1) is 15.8. The lowest BCUT2D eigenvalue weighted by molar-refractivity contribution is -0.126. The van der Waals surface area contributed by atoms with Crippen LogP contribution in [-0.2, 0) is 17.9 Å². The number of benzene rings is 2. The fourth-order valence-electron chi connectivity index (χ4n) is 4.44. The predicted octanol–water partition coefficient (Wildman–Crippen LogP) is 5.19. The molecule has 0 spiro atoms. The summed E-state index contributed by atoms with van der Waals surface area (Å²) in [5.74, 6) is -0.786. The molecular formula is C26H24FN3O2S. The first kappa shape index (κ1) is 21.4. The molecule has 0 fully saturated rings. The van der Waals surface area contributed by atoms with Gasteiger partial charge in [-0.1, -0.05) is 18.2 Å². The molecule has 168 valence electrons. The summed E-state index contributed by atoms with van der Waals surface area (Å²) in [6, 6.07) is 15.7. The maximum absolute atomic E-state index is 13.8. The number of halogens is 1. The number of carbonyl (C=O) groups is 2. The van der Waals surface area contributed by atoms with Crippen LogP contribution in [0.5, 0.6) is 0 Å². The van der Waals surface area contributed by atoms with Crippen molar-refractivity contribution in [1.82, 2.24) is 9.88 Å². The van der Waals surface area contributed by atoms with E-state index in [4.69, 9.17) is 0 Å². The fourth-order valence-corrected chi connectivity index (χ4v) is 5.34. The molecule has 33 heavy (non-hydrogen) atoms. The molecule has 1 atom stereocenters. The van der Waals surface area contributed by atoms with Gasteiger partial charge in [0.05, 0.1) is 6.54 Å². The summed E-state index contributed by atoms with van der Waals surface area (Å²) < 4.78 is 15.2. The number of hydrogen-bond acceptors (Lipinski definition) is 3. The van der Waals surface area contributed by atoms with E-state index in [1.807, 2.05) is 61.1 Å². The van der Waals surface area contributed by atoms with E-state index in [2.05, 4.69) is 5.32 Å². The first-order valence-corrected chi connectivity index (χ1v) is 11.7. The second-order valence-corrected chi connectivity index (χ2v) is 9.68. The third-order valence-corrected chi connectivity index (χ3v) is 7.44. The minimum Gasteiger partial charge on any atom is -0.350 e. The lowest BCUT2D eigenvalue weighted by Crippen LogP contribution is -2.64. The van der Waals surface area contributed by atoms with Gasteiger partial charge in [0.1, 0.15) is 21.9 Å². The van der Waals surface area contributed by atoms with Gasteiger partial charge in [-0.3, -0.25) is 14.5 Å². The minimum absolute atomic E-state index is 0.202. The zero-order valence-corrected chi connectivity index (χ0v) is 19.5. The molecule has 0 unspecified atom stereocenters. The van der Waals surface area contributed by atoms with E-state index in [1.54, 1.807) is 28.4 Å². The van der Waals surface area contributed by atoms with E-state index in [0.29, 0.717) is 17.9 Å². The number of aryl methyl sites for hydroxylation is 2. The van der Waals surface area contributed by atoms with Crippen LogP contribution in [0.25, 0.3) is 10.2 Å². The molecule has 0 aliphatic carbocycles. The normalized spacial score (nSPS) is 17.9. The van der Waals surface area contributed by atoms with Crippen molar-refractivity contribution in [3.8, 4) is 0 Å². The number of hydrogen-bond donors (Lipinski definition) is 1. The number of nitrogens with zero attached hydrogens (tertiary/aromatic N) is 2. The first-order valence-electron chi connectivity index (χ1n) is 10.8. The van der Waals surface area contributed by atoms with Crippen LogP contribution >= 0.6 is 11.3 Å². The van der Waals surface area contributed by atoms with E-state index in [-0.39, 0.29) is 24.2 Å². The number of fused-ring (bicyclic) bond motifs is 3. The molecule has 5 nitrogen and oxygen atoms in total. The Hall–Kier alpha value is -3.45. The van der Waals surface area contributed by atoms with Gasteiger partial charge in [0, 0.05) is 17.6 Å². The molecule has 0 bridgehead atoms. The topological polar surface area (TPSA) is 54.3 Å². The van der Waals surface area contributed by atoms with Gasteiger partial charge in [-0.15, -0.1) is 11.3 Å². The summed E-state index contributed by atoms with van der Waals surface area (Å²) in [5.41, 5.74) is 3.08. The van der Waals surface area contributed by atoms with Crippen LogP contribution in [0, 0.1) is 19.7 Å². The highest BCUT2D eigenvalue weighted by Gasteiger charge is 2.48. The Bertz CT molecular complexity index is 1390. The standard InChI is InChI=1S/C26H24FN3O2S/c1-16-4-9-21(12-17(16)2)30-23(31)22-13-19-10-11-33-24(19)29(22)15-26(30,3)25(32)28-14-18-5-7-20(27)8-6-18/h4-13H,14-15H2,1-3H3,(H,28,32)/t26-/m1/s1. The van der Waals surface area contributed by atoms with Crippen LogP contribution < -0.4 is 10.2 Å². The number of aromatic nitrogens is 1. The van der Waals surface area contributed by atoms with Crippen molar-refractivity contribution in [2.45, 2.75) is 39.4 Å². The molecule has 4 aromatic rings. The van der Waals surface area contributed by atoms with Gasteiger partial charge < -0.3 is 9.88 Å². The second-order valence-electron chi connectivity index (χ2n) is 8.79. The van der Waals surface area contributed by atoms with Crippen molar-refractivity contribution in [2.24, 2.45) is 0 Å². The van der Waals surface area contributed by atoms with E-state index in [1.165, 1.54) is 12.1 Å². The molecule has 2 aromatic heterocycles.